The minimum absolute atomic E-state index is 0.0674. The van der Waals surface area contributed by atoms with Gasteiger partial charge >= 0.3 is 5.97 Å². The van der Waals surface area contributed by atoms with Crippen molar-refractivity contribution in [2.45, 2.75) is 58.9 Å². The zero-order valence-electron chi connectivity index (χ0n) is 12.5. The fraction of sp³-hybridized carbons (Fsp3) is 0.846. The summed E-state index contributed by atoms with van der Waals surface area (Å²) in [5.74, 6) is -0.501. The fourth-order valence-corrected chi connectivity index (χ4v) is 1.90. The quantitative estimate of drug-likeness (QED) is 0.572. The molecule has 106 valence electrons. The first kappa shape index (κ1) is 17.2. The van der Waals surface area contributed by atoms with E-state index >= 15 is 0 Å². The van der Waals surface area contributed by atoms with Crippen molar-refractivity contribution in [3.05, 3.63) is 0 Å². The standard InChI is InChI=1S/C13H27NO3Si/c1-7-10(2)12(15)14-11(3)13(16)17-8-9-18(4,5)6/h10-11H,7-9H2,1-6H3,(H,14,15)/t10-,11-/m1/s1. The minimum atomic E-state index is -1.18. The number of nitrogens with one attached hydrogen (secondary N) is 1. The molecule has 1 N–H and O–H groups in total. The van der Waals surface area contributed by atoms with E-state index in [1.54, 1.807) is 6.92 Å². The maximum absolute atomic E-state index is 11.7. The van der Waals surface area contributed by atoms with Crippen molar-refractivity contribution in [3.8, 4) is 0 Å². The highest BCUT2D eigenvalue weighted by Gasteiger charge is 2.20. The highest BCUT2D eigenvalue weighted by Crippen LogP contribution is 2.08. The Morgan fingerprint density at radius 1 is 1.22 bits per heavy atom. The first-order valence-electron chi connectivity index (χ1n) is 6.64. The second kappa shape index (κ2) is 7.56. The second-order valence-electron chi connectivity index (χ2n) is 6.02. The van der Waals surface area contributed by atoms with Gasteiger partial charge < -0.3 is 10.1 Å². The fourth-order valence-electron chi connectivity index (χ4n) is 1.18. The SMILES string of the molecule is CC[C@@H](C)C(=O)N[C@H](C)C(=O)OCC[Si](C)(C)C. The van der Waals surface area contributed by atoms with Gasteiger partial charge in [0.15, 0.2) is 0 Å². The van der Waals surface area contributed by atoms with Gasteiger partial charge in [-0.05, 0) is 19.4 Å². The molecule has 0 aliphatic heterocycles. The summed E-state index contributed by atoms with van der Waals surface area (Å²) in [6.07, 6.45) is 0.767. The Labute approximate surface area is 111 Å². The largest absolute Gasteiger partial charge is 0.464 e. The molecule has 5 heteroatoms. The third kappa shape index (κ3) is 7.48. The van der Waals surface area contributed by atoms with Crippen LogP contribution in [0, 0.1) is 5.92 Å². The van der Waals surface area contributed by atoms with Crippen molar-refractivity contribution < 1.29 is 14.3 Å². The highest BCUT2D eigenvalue weighted by molar-refractivity contribution is 6.76. The van der Waals surface area contributed by atoms with Crippen molar-refractivity contribution in [1.29, 1.82) is 0 Å². The van der Waals surface area contributed by atoms with E-state index in [2.05, 4.69) is 25.0 Å². The van der Waals surface area contributed by atoms with Crippen LogP contribution < -0.4 is 5.32 Å². The third-order valence-corrected chi connectivity index (χ3v) is 4.57. The van der Waals surface area contributed by atoms with Gasteiger partial charge in [0.1, 0.15) is 6.04 Å². The lowest BCUT2D eigenvalue weighted by molar-refractivity contribution is -0.147. The molecule has 0 aromatic carbocycles. The summed E-state index contributed by atoms with van der Waals surface area (Å²) >= 11 is 0. The first-order chi connectivity index (χ1) is 8.17. The van der Waals surface area contributed by atoms with Crippen molar-refractivity contribution >= 4 is 20.0 Å². The van der Waals surface area contributed by atoms with Crippen molar-refractivity contribution in [1.82, 2.24) is 5.32 Å². The number of ether oxygens (including phenoxy) is 1. The van der Waals surface area contributed by atoms with Gasteiger partial charge in [-0.3, -0.25) is 4.79 Å². The normalized spacial score (nSPS) is 14.8. The van der Waals surface area contributed by atoms with Gasteiger partial charge in [-0.25, -0.2) is 4.79 Å². The monoisotopic (exact) mass is 273 g/mol. The molecular weight excluding hydrogens is 246 g/mol. The molecule has 18 heavy (non-hydrogen) atoms. The molecule has 0 saturated carbocycles. The minimum Gasteiger partial charge on any atom is -0.464 e. The van der Waals surface area contributed by atoms with Crippen LogP contribution in [0.1, 0.15) is 27.2 Å². The number of carbonyl (C=O) groups is 2. The summed E-state index contributed by atoms with van der Waals surface area (Å²) in [5.41, 5.74) is 0. The highest BCUT2D eigenvalue weighted by atomic mass is 28.3. The van der Waals surface area contributed by atoms with Crippen LogP contribution in [-0.4, -0.2) is 32.6 Å². The van der Waals surface area contributed by atoms with Crippen LogP contribution in [0.4, 0.5) is 0 Å². The van der Waals surface area contributed by atoms with Crippen molar-refractivity contribution in [2.75, 3.05) is 6.61 Å². The van der Waals surface area contributed by atoms with Crippen molar-refractivity contribution in [2.24, 2.45) is 5.92 Å². The Morgan fingerprint density at radius 2 is 1.78 bits per heavy atom. The maximum Gasteiger partial charge on any atom is 0.328 e. The molecule has 0 fully saturated rings. The van der Waals surface area contributed by atoms with Gasteiger partial charge in [0.2, 0.25) is 5.91 Å². The molecule has 0 aromatic heterocycles. The molecule has 0 aliphatic carbocycles. The second-order valence-corrected chi connectivity index (χ2v) is 11.6. The van der Waals surface area contributed by atoms with E-state index in [0.717, 1.165) is 12.5 Å². The van der Waals surface area contributed by atoms with Crippen LogP contribution in [0.5, 0.6) is 0 Å². The third-order valence-electron chi connectivity index (χ3n) is 2.87. The summed E-state index contributed by atoms with van der Waals surface area (Å²) in [4.78, 5) is 23.3. The number of hydrogen-bond acceptors (Lipinski definition) is 3. The van der Waals surface area contributed by atoms with Crippen molar-refractivity contribution in [3.63, 3.8) is 0 Å². The Kier molecular flexibility index (Phi) is 7.21. The van der Waals surface area contributed by atoms with Crippen LogP contribution >= 0.6 is 0 Å². The van der Waals surface area contributed by atoms with Gasteiger partial charge in [-0.2, -0.15) is 0 Å². The summed E-state index contributed by atoms with van der Waals surface area (Å²) in [5, 5.41) is 2.68. The number of rotatable bonds is 7. The van der Waals surface area contributed by atoms with Gasteiger partial charge in [-0.15, -0.1) is 0 Å². The maximum atomic E-state index is 11.7. The molecule has 0 aromatic rings. The van der Waals surface area contributed by atoms with Crippen LogP contribution in [0.25, 0.3) is 0 Å². The lowest BCUT2D eigenvalue weighted by Crippen LogP contribution is -2.42. The Bertz CT molecular complexity index is 286. The van der Waals surface area contributed by atoms with Crippen LogP contribution in [0.3, 0.4) is 0 Å². The molecule has 0 unspecified atom stereocenters. The van der Waals surface area contributed by atoms with Gasteiger partial charge in [-0.1, -0.05) is 33.5 Å². The number of hydrogen-bond donors (Lipinski definition) is 1. The first-order valence-corrected chi connectivity index (χ1v) is 10.3. The Morgan fingerprint density at radius 3 is 2.22 bits per heavy atom. The van der Waals surface area contributed by atoms with Crippen LogP contribution in [0.15, 0.2) is 0 Å². The predicted octanol–water partition coefficient (Wildman–Crippen LogP) is 2.42. The lowest BCUT2D eigenvalue weighted by Gasteiger charge is -2.18. The average Bonchev–Trinajstić information content (AvgIpc) is 2.25. The molecule has 0 heterocycles. The topological polar surface area (TPSA) is 55.4 Å². The van der Waals surface area contributed by atoms with E-state index in [1.807, 2.05) is 13.8 Å². The summed E-state index contributed by atoms with van der Waals surface area (Å²) in [6.45, 7) is 12.6. The van der Waals surface area contributed by atoms with E-state index in [-0.39, 0.29) is 17.8 Å². The van der Waals surface area contributed by atoms with E-state index in [4.69, 9.17) is 4.74 Å². The molecule has 0 spiro atoms. The number of amides is 1. The molecule has 0 bridgehead atoms. The molecule has 0 saturated heterocycles. The Balaban J connectivity index is 4.01. The summed E-state index contributed by atoms with van der Waals surface area (Å²) < 4.78 is 5.18. The number of carbonyl (C=O) groups excluding carboxylic acids is 2. The van der Waals surface area contributed by atoms with E-state index < -0.39 is 14.1 Å². The number of esters is 1. The van der Waals surface area contributed by atoms with Gasteiger partial charge in [0, 0.05) is 14.0 Å². The summed E-state index contributed by atoms with van der Waals surface area (Å²) in [7, 11) is -1.18. The van der Waals surface area contributed by atoms with E-state index in [1.165, 1.54) is 0 Å². The zero-order valence-corrected chi connectivity index (χ0v) is 13.5. The Hall–Kier alpha value is -0.843. The molecule has 0 aliphatic rings. The van der Waals surface area contributed by atoms with Crippen LogP contribution in [0.2, 0.25) is 25.7 Å². The smallest absolute Gasteiger partial charge is 0.328 e. The molecule has 4 nitrogen and oxygen atoms in total. The lowest BCUT2D eigenvalue weighted by atomic mass is 10.1. The molecular formula is C13H27NO3Si. The average molecular weight is 273 g/mol. The predicted molar refractivity (Wildman–Crippen MR) is 76.2 cm³/mol. The van der Waals surface area contributed by atoms with Crippen LogP contribution in [-0.2, 0) is 14.3 Å². The summed E-state index contributed by atoms with van der Waals surface area (Å²) in [6, 6.07) is 0.387. The molecule has 0 rings (SSSR count). The molecule has 0 radical (unpaired) electrons. The molecule has 2 atom stereocenters. The van der Waals surface area contributed by atoms with E-state index in [0.29, 0.717) is 6.61 Å². The van der Waals surface area contributed by atoms with Gasteiger partial charge in [0.25, 0.3) is 0 Å². The molecule has 1 amide bonds. The van der Waals surface area contributed by atoms with Gasteiger partial charge in [0.05, 0.1) is 6.61 Å². The van der Waals surface area contributed by atoms with E-state index in [9.17, 15) is 9.59 Å². The zero-order chi connectivity index (χ0) is 14.3.